The fourth-order valence-corrected chi connectivity index (χ4v) is 4.13. The second kappa shape index (κ2) is 7.09. The van der Waals surface area contributed by atoms with Gasteiger partial charge in [-0.3, -0.25) is 4.79 Å². The van der Waals surface area contributed by atoms with Gasteiger partial charge in [-0.15, -0.1) is 0 Å². The van der Waals surface area contributed by atoms with Gasteiger partial charge in [0.1, 0.15) is 5.82 Å². The summed E-state index contributed by atoms with van der Waals surface area (Å²) in [6.07, 6.45) is 1.95. The van der Waals surface area contributed by atoms with Crippen LogP contribution in [0.3, 0.4) is 0 Å². The molecular formula is C16H20N4O3S2. The second-order valence-electron chi connectivity index (χ2n) is 5.93. The van der Waals surface area contributed by atoms with Gasteiger partial charge >= 0.3 is 0 Å². The highest BCUT2D eigenvalue weighted by molar-refractivity contribution is 7.90. The molecule has 2 aromatic rings. The zero-order chi connectivity index (χ0) is 18.0. The molecule has 0 atom stereocenters. The largest absolute Gasteiger partial charge is 0.343 e. The minimum Gasteiger partial charge on any atom is -0.343 e. The van der Waals surface area contributed by atoms with Crippen LogP contribution < -0.4 is 4.90 Å². The third-order valence-electron chi connectivity index (χ3n) is 4.12. The number of nitrogens with zero attached hydrogens (tertiary/aromatic N) is 4. The number of aryl methyl sites for hydroxylation is 1. The summed E-state index contributed by atoms with van der Waals surface area (Å²) >= 11 is 1.39. The van der Waals surface area contributed by atoms with Crippen LogP contribution in [0, 0.1) is 0 Å². The van der Waals surface area contributed by atoms with Gasteiger partial charge in [-0.05, 0) is 18.2 Å². The lowest BCUT2D eigenvalue weighted by molar-refractivity contribution is 0.0746. The van der Waals surface area contributed by atoms with Gasteiger partial charge in [-0.25, -0.2) is 13.4 Å². The smallest absolute Gasteiger partial charge is 0.254 e. The molecule has 1 aliphatic heterocycles. The molecule has 1 aromatic carbocycles. The number of sulfone groups is 1. The molecule has 0 radical (unpaired) electrons. The Morgan fingerprint density at radius 1 is 1.24 bits per heavy atom. The average molecular weight is 380 g/mol. The first-order valence-electron chi connectivity index (χ1n) is 8.05. The number of carbonyl (C=O) groups is 1. The molecule has 25 heavy (non-hydrogen) atoms. The number of hydrogen-bond acceptors (Lipinski definition) is 7. The normalized spacial score (nSPS) is 15.4. The molecule has 9 heteroatoms. The van der Waals surface area contributed by atoms with Crippen LogP contribution in [0.25, 0.3) is 0 Å². The molecule has 0 unspecified atom stereocenters. The SMILES string of the molecule is CCc1nsc(N2CCN(C(=O)c3cccc(S(C)(=O)=O)c3)CC2)n1. The molecule has 3 rings (SSSR count). The van der Waals surface area contributed by atoms with Crippen LogP contribution >= 0.6 is 11.5 Å². The van der Waals surface area contributed by atoms with Crippen LogP contribution in [0.1, 0.15) is 23.1 Å². The summed E-state index contributed by atoms with van der Waals surface area (Å²) in [6, 6.07) is 6.21. The number of benzene rings is 1. The van der Waals surface area contributed by atoms with Gasteiger partial charge in [0.25, 0.3) is 5.91 Å². The third-order valence-corrected chi connectivity index (χ3v) is 6.05. The van der Waals surface area contributed by atoms with Crippen LogP contribution in [0.15, 0.2) is 29.2 Å². The van der Waals surface area contributed by atoms with Gasteiger partial charge in [-0.1, -0.05) is 13.0 Å². The van der Waals surface area contributed by atoms with E-state index in [2.05, 4.69) is 14.3 Å². The van der Waals surface area contributed by atoms with E-state index in [0.29, 0.717) is 31.7 Å². The highest BCUT2D eigenvalue weighted by atomic mass is 32.2. The van der Waals surface area contributed by atoms with Gasteiger partial charge < -0.3 is 9.80 Å². The lowest BCUT2D eigenvalue weighted by atomic mass is 10.2. The van der Waals surface area contributed by atoms with E-state index in [0.717, 1.165) is 23.6 Å². The Balaban J connectivity index is 1.67. The van der Waals surface area contributed by atoms with Crippen LogP contribution in [0.4, 0.5) is 5.13 Å². The molecule has 7 nitrogen and oxygen atoms in total. The first-order chi connectivity index (χ1) is 11.9. The maximum absolute atomic E-state index is 12.7. The lowest BCUT2D eigenvalue weighted by Gasteiger charge is -2.34. The maximum atomic E-state index is 12.7. The van der Waals surface area contributed by atoms with E-state index in [1.807, 2.05) is 6.92 Å². The quantitative estimate of drug-likeness (QED) is 0.799. The predicted molar refractivity (Wildman–Crippen MR) is 97.0 cm³/mol. The summed E-state index contributed by atoms with van der Waals surface area (Å²) in [5, 5.41) is 0.892. The fourth-order valence-electron chi connectivity index (χ4n) is 2.66. The highest BCUT2D eigenvalue weighted by Crippen LogP contribution is 2.20. The number of anilines is 1. The van der Waals surface area contributed by atoms with Crippen LogP contribution in [0.5, 0.6) is 0 Å². The number of hydrogen-bond donors (Lipinski definition) is 0. The molecule has 1 fully saturated rings. The molecule has 0 N–H and O–H groups in total. The topological polar surface area (TPSA) is 83.5 Å². The minimum atomic E-state index is -3.33. The van der Waals surface area contributed by atoms with Crippen LogP contribution in [0.2, 0.25) is 0 Å². The number of piperazine rings is 1. The third kappa shape index (κ3) is 3.98. The monoisotopic (exact) mass is 380 g/mol. The molecule has 0 saturated carbocycles. The Kier molecular flexibility index (Phi) is 5.05. The van der Waals surface area contributed by atoms with Crippen molar-refractivity contribution in [3.8, 4) is 0 Å². The average Bonchev–Trinajstić information content (AvgIpc) is 3.10. The molecular weight excluding hydrogens is 360 g/mol. The standard InChI is InChI=1S/C16H20N4O3S2/c1-3-14-17-16(24-18-14)20-9-7-19(8-10-20)15(21)12-5-4-6-13(11-12)25(2,22)23/h4-6,11H,3,7-10H2,1-2H3. The first-order valence-corrected chi connectivity index (χ1v) is 10.7. The summed E-state index contributed by atoms with van der Waals surface area (Å²) in [5.41, 5.74) is 0.403. The number of carbonyl (C=O) groups excluding carboxylic acids is 1. The van der Waals surface area contributed by atoms with Crippen LogP contribution in [-0.4, -0.2) is 61.0 Å². The Labute approximate surface area is 151 Å². The molecule has 1 aliphatic rings. The summed E-state index contributed by atoms with van der Waals surface area (Å²) in [4.78, 5) is 21.2. The maximum Gasteiger partial charge on any atom is 0.254 e. The van der Waals surface area contributed by atoms with Crippen molar-refractivity contribution in [2.24, 2.45) is 0 Å². The number of amides is 1. The van der Waals surface area contributed by atoms with Gasteiger partial charge in [0, 0.05) is 56.0 Å². The zero-order valence-corrected chi connectivity index (χ0v) is 15.8. The molecule has 1 saturated heterocycles. The number of aromatic nitrogens is 2. The van der Waals surface area contributed by atoms with E-state index < -0.39 is 9.84 Å². The Morgan fingerprint density at radius 2 is 1.96 bits per heavy atom. The summed E-state index contributed by atoms with van der Waals surface area (Å²) < 4.78 is 27.6. The van der Waals surface area contributed by atoms with Gasteiger partial charge in [0.2, 0.25) is 5.13 Å². The summed E-state index contributed by atoms with van der Waals surface area (Å²) in [7, 11) is -3.33. The minimum absolute atomic E-state index is 0.142. The second-order valence-corrected chi connectivity index (χ2v) is 8.67. The van der Waals surface area contributed by atoms with Crippen molar-refractivity contribution in [1.29, 1.82) is 0 Å². The predicted octanol–water partition coefficient (Wildman–Crippen LogP) is 1.47. The lowest BCUT2D eigenvalue weighted by Crippen LogP contribution is -2.48. The Bertz CT molecular complexity index is 871. The van der Waals surface area contributed by atoms with Crippen molar-refractivity contribution in [2.45, 2.75) is 18.2 Å². The van der Waals surface area contributed by atoms with E-state index in [9.17, 15) is 13.2 Å². The summed E-state index contributed by atoms with van der Waals surface area (Å²) in [5.74, 6) is 0.702. The van der Waals surface area contributed by atoms with E-state index in [1.54, 1.807) is 17.0 Å². The molecule has 0 bridgehead atoms. The van der Waals surface area contributed by atoms with Crippen molar-refractivity contribution < 1.29 is 13.2 Å². The van der Waals surface area contributed by atoms with Gasteiger partial charge in [-0.2, -0.15) is 4.37 Å². The molecule has 0 spiro atoms. The van der Waals surface area contributed by atoms with E-state index in [-0.39, 0.29) is 10.8 Å². The van der Waals surface area contributed by atoms with Gasteiger partial charge in [0.15, 0.2) is 9.84 Å². The van der Waals surface area contributed by atoms with Crippen molar-refractivity contribution in [1.82, 2.24) is 14.3 Å². The molecule has 134 valence electrons. The number of rotatable bonds is 4. The molecule has 2 heterocycles. The van der Waals surface area contributed by atoms with Crippen LogP contribution in [-0.2, 0) is 16.3 Å². The van der Waals surface area contributed by atoms with Gasteiger partial charge in [0.05, 0.1) is 4.90 Å². The fraction of sp³-hybridized carbons (Fsp3) is 0.438. The highest BCUT2D eigenvalue weighted by Gasteiger charge is 2.24. The zero-order valence-electron chi connectivity index (χ0n) is 14.2. The van der Waals surface area contributed by atoms with Crippen molar-refractivity contribution in [3.05, 3.63) is 35.7 Å². The Hall–Kier alpha value is -2.00. The van der Waals surface area contributed by atoms with E-state index in [4.69, 9.17) is 0 Å². The van der Waals surface area contributed by atoms with E-state index in [1.165, 1.54) is 23.7 Å². The van der Waals surface area contributed by atoms with E-state index >= 15 is 0 Å². The van der Waals surface area contributed by atoms with Crippen molar-refractivity contribution >= 4 is 32.4 Å². The summed E-state index contributed by atoms with van der Waals surface area (Å²) in [6.45, 7) is 4.55. The van der Waals surface area contributed by atoms with Crippen molar-refractivity contribution in [2.75, 3.05) is 37.3 Å². The molecule has 0 aliphatic carbocycles. The Morgan fingerprint density at radius 3 is 2.56 bits per heavy atom. The molecule has 1 aromatic heterocycles. The molecule has 1 amide bonds. The van der Waals surface area contributed by atoms with Crippen molar-refractivity contribution in [3.63, 3.8) is 0 Å². The first kappa shape index (κ1) is 17.8.